The van der Waals surface area contributed by atoms with E-state index < -0.39 is 18.5 Å². The summed E-state index contributed by atoms with van der Waals surface area (Å²) in [7, 11) is 0. The Hall–Kier alpha value is -2.65. The van der Waals surface area contributed by atoms with Crippen molar-refractivity contribution in [3.63, 3.8) is 0 Å². The Morgan fingerprint density at radius 1 is 1.27 bits per heavy atom. The van der Waals surface area contributed by atoms with E-state index in [1.54, 1.807) is 29.9 Å². The van der Waals surface area contributed by atoms with Crippen LogP contribution in [-0.2, 0) is 9.53 Å². The fourth-order valence-electron chi connectivity index (χ4n) is 1.99. The average molecular weight is 433 g/mol. The molecule has 1 amide bonds. The number of ether oxygens (including phenoxy) is 1. The zero-order valence-electron chi connectivity index (χ0n) is 13.6. The van der Waals surface area contributed by atoms with Gasteiger partial charge in [0.1, 0.15) is 0 Å². The SMILES string of the molecule is Cc1ccc(NC(=O)COC(=O)c2csc(-c3ncccn3)n2)c(Br)c1. The van der Waals surface area contributed by atoms with Gasteiger partial charge in [0.25, 0.3) is 5.91 Å². The maximum absolute atomic E-state index is 12.0. The van der Waals surface area contributed by atoms with Crippen LogP contribution in [0.4, 0.5) is 5.69 Å². The summed E-state index contributed by atoms with van der Waals surface area (Å²) in [6, 6.07) is 7.21. The normalized spacial score (nSPS) is 10.4. The molecule has 132 valence electrons. The minimum atomic E-state index is -0.679. The number of nitrogens with one attached hydrogen (secondary N) is 1. The number of carbonyl (C=O) groups excluding carboxylic acids is 2. The van der Waals surface area contributed by atoms with E-state index in [2.05, 4.69) is 36.2 Å². The van der Waals surface area contributed by atoms with Crippen LogP contribution in [0.5, 0.6) is 0 Å². The number of hydrogen-bond acceptors (Lipinski definition) is 7. The van der Waals surface area contributed by atoms with Crippen LogP contribution in [0.3, 0.4) is 0 Å². The molecule has 26 heavy (non-hydrogen) atoms. The van der Waals surface area contributed by atoms with E-state index in [-0.39, 0.29) is 5.69 Å². The Labute approximate surface area is 161 Å². The second-order valence-corrected chi connectivity index (χ2v) is 6.93. The molecule has 0 aliphatic rings. The van der Waals surface area contributed by atoms with Gasteiger partial charge in [-0.15, -0.1) is 11.3 Å². The van der Waals surface area contributed by atoms with Gasteiger partial charge in [-0.3, -0.25) is 4.79 Å². The highest BCUT2D eigenvalue weighted by molar-refractivity contribution is 9.10. The molecule has 0 saturated carbocycles. The van der Waals surface area contributed by atoms with Crippen molar-refractivity contribution < 1.29 is 14.3 Å². The Morgan fingerprint density at radius 3 is 2.77 bits per heavy atom. The van der Waals surface area contributed by atoms with E-state index in [9.17, 15) is 9.59 Å². The fourth-order valence-corrected chi connectivity index (χ4v) is 3.32. The van der Waals surface area contributed by atoms with Gasteiger partial charge in [-0.1, -0.05) is 6.07 Å². The van der Waals surface area contributed by atoms with Crippen molar-refractivity contribution in [2.45, 2.75) is 6.92 Å². The Kier molecular flexibility index (Phi) is 5.69. The van der Waals surface area contributed by atoms with Crippen LogP contribution in [0.15, 0.2) is 46.5 Å². The smallest absolute Gasteiger partial charge is 0.358 e. The molecule has 0 bridgehead atoms. The maximum Gasteiger partial charge on any atom is 0.358 e. The molecule has 9 heteroatoms. The highest BCUT2D eigenvalue weighted by Gasteiger charge is 2.16. The third kappa shape index (κ3) is 4.50. The summed E-state index contributed by atoms with van der Waals surface area (Å²) >= 11 is 4.60. The number of aromatic nitrogens is 3. The highest BCUT2D eigenvalue weighted by Crippen LogP contribution is 2.23. The summed E-state index contributed by atoms with van der Waals surface area (Å²) in [5.74, 6) is -0.690. The van der Waals surface area contributed by atoms with Gasteiger partial charge in [0.15, 0.2) is 23.1 Å². The molecule has 3 aromatic rings. The lowest BCUT2D eigenvalue weighted by atomic mass is 10.2. The number of amides is 1. The first kappa shape index (κ1) is 18.2. The van der Waals surface area contributed by atoms with Gasteiger partial charge in [0, 0.05) is 22.2 Å². The predicted octanol–water partition coefficient (Wildman–Crippen LogP) is 3.47. The van der Waals surface area contributed by atoms with E-state index >= 15 is 0 Å². The van der Waals surface area contributed by atoms with Crippen molar-refractivity contribution >= 4 is 44.8 Å². The number of carbonyl (C=O) groups is 2. The van der Waals surface area contributed by atoms with Crippen LogP contribution in [0.1, 0.15) is 16.1 Å². The van der Waals surface area contributed by atoms with Crippen molar-refractivity contribution in [3.8, 4) is 10.8 Å². The quantitative estimate of drug-likeness (QED) is 0.620. The third-order valence-electron chi connectivity index (χ3n) is 3.20. The summed E-state index contributed by atoms with van der Waals surface area (Å²) in [5, 5.41) is 4.72. The average Bonchev–Trinajstić information content (AvgIpc) is 3.13. The van der Waals surface area contributed by atoms with Gasteiger partial charge in [-0.05, 0) is 46.6 Å². The van der Waals surface area contributed by atoms with Crippen molar-refractivity contribution in [1.29, 1.82) is 0 Å². The van der Waals surface area contributed by atoms with Crippen molar-refractivity contribution in [2.75, 3.05) is 11.9 Å². The summed E-state index contributed by atoms with van der Waals surface area (Å²) < 4.78 is 5.77. The second kappa shape index (κ2) is 8.15. The summed E-state index contributed by atoms with van der Waals surface area (Å²) in [5.41, 5.74) is 1.78. The molecule has 3 rings (SSSR count). The summed E-state index contributed by atoms with van der Waals surface area (Å²) in [6.45, 7) is 1.54. The summed E-state index contributed by atoms with van der Waals surface area (Å²) in [6.07, 6.45) is 3.19. The molecule has 7 nitrogen and oxygen atoms in total. The second-order valence-electron chi connectivity index (χ2n) is 5.22. The predicted molar refractivity (Wildman–Crippen MR) is 101 cm³/mol. The van der Waals surface area contributed by atoms with Crippen LogP contribution in [-0.4, -0.2) is 33.4 Å². The van der Waals surface area contributed by atoms with Gasteiger partial charge in [-0.25, -0.2) is 19.7 Å². The fraction of sp³-hybridized carbons (Fsp3) is 0.118. The third-order valence-corrected chi connectivity index (χ3v) is 4.70. The Bertz CT molecular complexity index is 946. The topological polar surface area (TPSA) is 94.1 Å². The molecule has 0 saturated heterocycles. The number of hydrogen-bond donors (Lipinski definition) is 1. The number of nitrogens with zero attached hydrogens (tertiary/aromatic N) is 3. The Morgan fingerprint density at radius 2 is 2.04 bits per heavy atom. The molecule has 2 aromatic heterocycles. The lowest BCUT2D eigenvalue weighted by Crippen LogP contribution is -2.21. The highest BCUT2D eigenvalue weighted by atomic mass is 79.9. The molecule has 0 atom stereocenters. The van der Waals surface area contributed by atoms with Crippen LogP contribution >= 0.6 is 27.3 Å². The van der Waals surface area contributed by atoms with Gasteiger partial charge >= 0.3 is 5.97 Å². The number of thiazole rings is 1. The molecule has 0 unspecified atom stereocenters. The number of aryl methyl sites for hydroxylation is 1. The van der Waals surface area contributed by atoms with E-state index in [1.165, 1.54) is 11.3 Å². The van der Waals surface area contributed by atoms with Gasteiger partial charge in [0.2, 0.25) is 0 Å². The molecule has 0 fully saturated rings. The maximum atomic E-state index is 12.0. The minimum absolute atomic E-state index is 0.113. The lowest BCUT2D eigenvalue weighted by molar-refractivity contribution is -0.119. The molecule has 0 spiro atoms. The zero-order chi connectivity index (χ0) is 18.5. The monoisotopic (exact) mass is 432 g/mol. The van der Waals surface area contributed by atoms with E-state index in [1.807, 2.05) is 19.1 Å². The number of anilines is 1. The lowest BCUT2D eigenvalue weighted by Gasteiger charge is -2.08. The largest absolute Gasteiger partial charge is 0.451 e. The van der Waals surface area contributed by atoms with Crippen molar-refractivity contribution in [1.82, 2.24) is 15.0 Å². The first-order chi connectivity index (χ1) is 12.5. The summed E-state index contributed by atoms with van der Waals surface area (Å²) in [4.78, 5) is 36.3. The molecule has 2 heterocycles. The van der Waals surface area contributed by atoms with Crippen LogP contribution in [0.2, 0.25) is 0 Å². The molecule has 1 N–H and O–H groups in total. The first-order valence-electron chi connectivity index (χ1n) is 7.49. The van der Waals surface area contributed by atoms with Crippen molar-refractivity contribution in [2.24, 2.45) is 0 Å². The van der Waals surface area contributed by atoms with E-state index in [0.29, 0.717) is 16.5 Å². The van der Waals surface area contributed by atoms with Crippen LogP contribution in [0.25, 0.3) is 10.8 Å². The molecule has 0 aliphatic carbocycles. The van der Waals surface area contributed by atoms with Gasteiger partial charge in [-0.2, -0.15) is 0 Å². The Balaban J connectivity index is 1.57. The molecule has 0 radical (unpaired) electrons. The first-order valence-corrected chi connectivity index (χ1v) is 9.16. The molecule has 0 aliphatic heterocycles. The number of esters is 1. The van der Waals surface area contributed by atoms with Crippen molar-refractivity contribution in [3.05, 3.63) is 57.8 Å². The van der Waals surface area contributed by atoms with E-state index in [4.69, 9.17) is 4.74 Å². The molecule has 1 aromatic carbocycles. The van der Waals surface area contributed by atoms with E-state index in [0.717, 1.165) is 10.0 Å². The number of rotatable bonds is 5. The standard InChI is InChI=1S/C17H13BrN4O3S/c1-10-3-4-12(11(18)7-10)21-14(23)8-25-17(24)13-9-26-16(22-13)15-19-5-2-6-20-15/h2-7,9H,8H2,1H3,(H,21,23). The number of benzene rings is 1. The van der Waals surface area contributed by atoms with Gasteiger partial charge in [0.05, 0.1) is 5.69 Å². The molecular weight excluding hydrogens is 420 g/mol. The molecular formula is C17H13BrN4O3S. The minimum Gasteiger partial charge on any atom is -0.451 e. The van der Waals surface area contributed by atoms with Crippen LogP contribution in [0, 0.1) is 6.92 Å². The zero-order valence-corrected chi connectivity index (χ0v) is 16.0. The number of halogens is 1. The van der Waals surface area contributed by atoms with Gasteiger partial charge < -0.3 is 10.1 Å². The van der Waals surface area contributed by atoms with Crippen LogP contribution < -0.4 is 5.32 Å².